The highest BCUT2D eigenvalue weighted by Crippen LogP contribution is 2.08. The molecule has 0 radical (unpaired) electrons. The van der Waals surface area contributed by atoms with Gasteiger partial charge in [-0.05, 0) is 17.7 Å². The number of aliphatic carboxylic acids is 1. The number of carbonyl (C=O) groups is 2. The Hall–Kier alpha value is -2.69. The molecule has 0 fully saturated rings. The minimum atomic E-state index is -1.16. The van der Waals surface area contributed by atoms with Crippen molar-refractivity contribution in [1.29, 1.82) is 0 Å². The summed E-state index contributed by atoms with van der Waals surface area (Å²) < 4.78 is 13.5. The largest absolute Gasteiger partial charge is 0.480 e. The number of carboxylic acids is 1. The average molecular weight is 287 g/mol. The summed E-state index contributed by atoms with van der Waals surface area (Å²) in [5.41, 5.74) is 0.607. The molecular weight excluding hydrogens is 273 g/mol. The molecule has 2 N–H and O–H groups in total. The molecule has 1 amide bonds. The van der Waals surface area contributed by atoms with Gasteiger partial charge in [-0.25, -0.2) is 9.18 Å². The highest BCUT2D eigenvalue weighted by Gasteiger charge is 2.22. The van der Waals surface area contributed by atoms with E-state index in [4.69, 9.17) is 0 Å². The summed E-state index contributed by atoms with van der Waals surface area (Å²) in [5.74, 6) is -2.58. The van der Waals surface area contributed by atoms with Gasteiger partial charge in [0, 0.05) is 6.42 Å². The topological polar surface area (TPSA) is 66.4 Å². The number of benzene rings is 2. The minimum Gasteiger partial charge on any atom is -0.480 e. The predicted octanol–water partition coefficient (Wildman–Crippen LogP) is 2.25. The smallest absolute Gasteiger partial charge is 0.326 e. The van der Waals surface area contributed by atoms with Crippen LogP contribution in [0.3, 0.4) is 0 Å². The van der Waals surface area contributed by atoms with Gasteiger partial charge in [0.15, 0.2) is 0 Å². The lowest BCUT2D eigenvalue weighted by Gasteiger charge is -2.15. The zero-order valence-corrected chi connectivity index (χ0v) is 11.1. The fourth-order valence-electron chi connectivity index (χ4n) is 1.93. The summed E-state index contributed by atoms with van der Waals surface area (Å²) in [6, 6.07) is 13.3. The van der Waals surface area contributed by atoms with Gasteiger partial charge >= 0.3 is 5.97 Å². The maximum atomic E-state index is 13.5. The van der Waals surface area contributed by atoms with Gasteiger partial charge in [-0.3, -0.25) is 4.79 Å². The summed E-state index contributed by atoms with van der Waals surface area (Å²) in [6.07, 6.45) is 0.135. The van der Waals surface area contributed by atoms with E-state index < -0.39 is 23.7 Å². The molecule has 0 heterocycles. The quantitative estimate of drug-likeness (QED) is 0.886. The van der Waals surface area contributed by atoms with Crippen molar-refractivity contribution in [3.63, 3.8) is 0 Å². The Morgan fingerprint density at radius 3 is 2.29 bits per heavy atom. The molecule has 1 unspecified atom stereocenters. The Morgan fingerprint density at radius 1 is 1.05 bits per heavy atom. The Kier molecular flexibility index (Phi) is 4.66. The highest BCUT2D eigenvalue weighted by atomic mass is 19.1. The SMILES string of the molecule is O=C(NC(Cc1ccccc1)C(=O)O)c1ccccc1F. The standard InChI is InChI=1S/C16H14FNO3/c17-13-9-5-4-8-12(13)15(19)18-14(16(20)21)10-11-6-2-1-3-7-11/h1-9,14H,10H2,(H,18,19)(H,20,21). The molecule has 0 spiro atoms. The molecule has 2 aromatic carbocycles. The van der Waals surface area contributed by atoms with Crippen LogP contribution in [0.5, 0.6) is 0 Å². The number of hydrogen-bond acceptors (Lipinski definition) is 2. The molecule has 0 aliphatic carbocycles. The number of nitrogens with one attached hydrogen (secondary N) is 1. The molecular formula is C16H14FNO3. The van der Waals surface area contributed by atoms with E-state index in [1.54, 1.807) is 24.3 Å². The third-order valence-corrected chi connectivity index (χ3v) is 3.00. The molecule has 0 saturated heterocycles. The molecule has 0 aliphatic heterocycles. The van der Waals surface area contributed by atoms with E-state index in [0.29, 0.717) is 0 Å². The third kappa shape index (κ3) is 3.89. The summed E-state index contributed by atoms with van der Waals surface area (Å²) in [7, 11) is 0. The van der Waals surface area contributed by atoms with Gasteiger partial charge in [-0.1, -0.05) is 42.5 Å². The summed E-state index contributed by atoms with van der Waals surface area (Å²) in [4.78, 5) is 23.2. The van der Waals surface area contributed by atoms with Gasteiger partial charge in [-0.2, -0.15) is 0 Å². The molecule has 21 heavy (non-hydrogen) atoms. The van der Waals surface area contributed by atoms with Crippen LogP contribution < -0.4 is 5.32 Å². The van der Waals surface area contributed by atoms with Crippen molar-refractivity contribution < 1.29 is 19.1 Å². The van der Waals surface area contributed by atoms with E-state index in [1.165, 1.54) is 18.2 Å². The molecule has 108 valence electrons. The van der Waals surface area contributed by atoms with Crippen LogP contribution in [0.15, 0.2) is 54.6 Å². The van der Waals surface area contributed by atoms with E-state index in [1.807, 2.05) is 6.07 Å². The zero-order chi connectivity index (χ0) is 15.2. The fourth-order valence-corrected chi connectivity index (χ4v) is 1.93. The van der Waals surface area contributed by atoms with Gasteiger partial charge in [0.05, 0.1) is 5.56 Å². The maximum Gasteiger partial charge on any atom is 0.326 e. The predicted molar refractivity (Wildman–Crippen MR) is 75.4 cm³/mol. The first-order valence-corrected chi connectivity index (χ1v) is 6.40. The van der Waals surface area contributed by atoms with Crippen molar-refractivity contribution in [2.24, 2.45) is 0 Å². The van der Waals surface area contributed by atoms with E-state index in [2.05, 4.69) is 5.32 Å². The number of halogens is 1. The van der Waals surface area contributed by atoms with Crippen LogP contribution in [0.1, 0.15) is 15.9 Å². The molecule has 0 bridgehead atoms. The molecule has 4 nitrogen and oxygen atoms in total. The first kappa shape index (κ1) is 14.7. The van der Waals surface area contributed by atoms with Crippen LogP contribution >= 0.6 is 0 Å². The van der Waals surface area contributed by atoms with Gasteiger partial charge in [0.25, 0.3) is 5.91 Å². The minimum absolute atomic E-state index is 0.135. The Morgan fingerprint density at radius 2 is 1.67 bits per heavy atom. The first-order chi connectivity index (χ1) is 10.1. The summed E-state index contributed by atoms with van der Waals surface area (Å²) >= 11 is 0. The number of carboxylic acid groups (broad SMARTS) is 1. The fraction of sp³-hybridized carbons (Fsp3) is 0.125. The van der Waals surface area contributed by atoms with Crippen molar-refractivity contribution in [1.82, 2.24) is 5.32 Å². The van der Waals surface area contributed by atoms with Crippen LogP contribution in [-0.2, 0) is 11.2 Å². The van der Waals surface area contributed by atoms with Crippen molar-refractivity contribution in [3.05, 3.63) is 71.5 Å². The van der Waals surface area contributed by atoms with Gasteiger partial charge in [0.2, 0.25) is 0 Å². The Balaban J connectivity index is 2.12. The number of rotatable bonds is 5. The lowest BCUT2D eigenvalue weighted by atomic mass is 10.1. The number of amides is 1. The van der Waals surface area contributed by atoms with E-state index >= 15 is 0 Å². The van der Waals surface area contributed by atoms with Crippen LogP contribution in [-0.4, -0.2) is 23.0 Å². The molecule has 5 heteroatoms. The second-order valence-corrected chi connectivity index (χ2v) is 4.53. The van der Waals surface area contributed by atoms with Crippen molar-refractivity contribution in [2.75, 3.05) is 0 Å². The zero-order valence-electron chi connectivity index (χ0n) is 11.1. The Bertz CT molecular complexity index is 643. The normalized spacial score (nSPS) is 11.7. The van der Waals surface area contributed by atoms with Crippen molar-refractivity contribution >= 4 is 11.9 Å². The van der Waals surface area contributed by atoms with Gasteiger partial charge < -0.3 is 10.4 Å². The number of hydrogen-bond donors (Lipinski definition) is 2. The van der Waals surface area contributed by atoms with Crippen molar-refractivity contribution in [3.8, 4) is 0 Å². The van der Waals surface area contributed by atoms with Gasteiger partial charge in [-0.15, -0.1) is 0 Å². The second kappa shape index (κ2) is 6.65. The molecule has 2 rings (SSSR count). The van der Waals surface area contributed by atoms with Gasteiger partial charge in [0.1, 0.15) is 11.9 Å². The third-order valence-electron chi connectivity index (χ3n) is 3.00. The Labute approximate surface area is 121 Å². The van der Waals surface area contributed by atoms with E-state index in [9.17, 15) is 19.1 Å². The van der Waals surface area contributed by atoms with Crippen LogP contribution in [0.4, 0.5) is 4.39 Å². The molecule has 0 aliphatic rings. The maximum absolute atomic E-state index is 13.5. The lowest BCUT2D eigenvalue weighted by Crippen LogP contribution is -2.42. The molecule has 0 aromatic heterocycles. The second-order valence-electron chi connectivity index (χ2n) is 4.53. The lowest BCUT2D eigenvalue weighted by molar-refractivity contribution is -0.139. The monoisotopic (exact) mass is 287 g/mol. The van der Waals surface area contributed by atoms with Crippen LogP contribution in [0, 0.1) is 5.82 Å². The summed E-state index contributed by atoms with van der Waals surface area (Å²) in [5, 5.41) is 11.5. The van der Waals surface area contributed by atoms with E-state index in [-0.39, 0.29) is 12.0 Å². The molecule has 2 aromatic rings. The highest BCUT2D eigenvalue weighted by molar-refractivity contribution is 5.96. The van der Waals surface area contributed by atoms with E-state index in [0.717, 1.165) is 11.6 Å². The number of carbonyl (C=O) groups excluding carboxylic acids is 1. The van der Waals surface area contributed by atoms with Crippen molar-refractivity contribution in [2.45, 2.75) is 12.5 Å². The molecule has 0 saturated carbocycles. The van der Waals surface area contributed by atoms with Crippen LogP contribution in [0.2, 0.25) is 0 Å². The van der Waals surface area contributed by atoms with Crippen LogP contribution in [0.25, 0.3) is 0 Å². The summed E-state index contributed by atoms with van der Waals surface area (Å²) in [6.45, 7) is 0. The average Bonchev–Trinajstić information content (AvgIpc) is 2.48. The first-order valence-electron chi connectivity index (χ1n) is 6.40. The molecule has 1 atom stereocenters.